The molecule has 0 saturated heterocycles. The SMILES string of the molecule is Fc1cccc(-c2nc(Br)c3ncccn23)c1. The van der Waals surface area contributed by atoms with Crippen molar-refractivity contribution in [2.24, 2.45) is 0 Å². The zero-order valence-electron chi connectivity index (χ0n) is 8.64. The minimum atomic E-state index is -0.278. The Morgan fingerprint density at radius 1 is 1.24 bits per heavy atom. The van der Waals surface area contributed by atoms with E-state index in [1.807, 2.05) is 22.7 Å². The Labute approximate surface area is 105 Å². The molecule has 0 bridgehead atoms. The summed E-state index contributed by atoms with van der Waals surface area (Å²) in [6.07, 6.45) is 3.54. The highest BCUT2D eigenvalue weighted by molar-refractivity contribution is 9.10. The molecule has 0 fully saturated rings. The van der Waals surface area contributed by atoms with Gasteiger partial charge in [-0.25, -0.2) is 14.4 Å². The fourth-order valence-corrected chi connectivity index (χ4v) is 2.18. The second-order valence-corrected chi connectivity index (χ2v) is 4.30. The third-order valence-electron chi connectivity index (χ3n) is 2.45. The summed E-state index contributed by atoms with van der Waals surface area (Å²) in [4.78, 5) is 8.56. The molecule has 0 aliphatic rings. The van der Waals surface area contributed by atoms with Gasteiger partial charge in [-0.2, -0.15) is 0 Å². The third-order valence-corrected chi connectivity index (χ3v) is 2.98. The smallest absolute Gasteiger partial charge is 0.171 e. The molecule has 1 aromatic carbocycles. The van der Waals surface area contributed by atoms with Crippen molar-refractivity contribution in [1.82, 2.24) is 14.4 Å². The first-order chi connectivity index (χ1) is 8.25. The van der Waals surface area contributed by atoms with Gasteiger partial charge in [-0.3, -0.25) is 4.40 Å². The largest absolute Gasteiger partial charge is 0.283 e. The van der Waals surface area contributed by atoms with Crippen molar-refractivity contribution in [3.8, 4) is 11.4 Å². The van der Waals surface area contributed by atoms with Crippen LogP contribution >= 0.6 is 15.9 Å². The second kappa shape index (κ2) is 3.92. The normalized spacial score (nSPS) is 10.9. The number of aromatic nitrogens is 3. The van der Waals surface area contributed by atoms with E-state index in [-0.39, 0.29) is 5.82 Å². The van der Waals surface area contributed by atoms with Crippen molar-refractivity contribution in [2.75, 3.05) is 0 Å². The molecule has 0 aliphatic heterocycles. The number of benzene rings is 1. The molecule has 3 aromatic rings. The van der Waals surface area contributed by atoms with E-state index in [2.05, 4.69) is 25.9 Å². The molecule has 84 valence electrons. The van der Waals surface area contributed by atoms with Crippen molar-refractivity contribution >= 4 is 21.6 Å². The van der Waals surface area contributed by atoms with Crippen molar-refractivity contribution < 1.29 is 4.39 Å². The van der Waals surface area contributed by atoms with Gasteiger partial charge < -0.3 is 0 Å². The average molecular weight is 292 g/mol. The molecule has 3 nitrogen and oxygen atoms in total. The number of nitrogens with zero attached hydrogens (tertiary/aromatic N) is 3. The Morgan fingerprint density at radius 3 is 2.94 bits per heavy atom. The van der Waals surface area contributed by atoms with Gasteiger partial charge in [0.2, 0.25) is 0 Å². The lowest BCUT2D eigenvalue weighted by Crippen LogP contribution is -1.90. The van der Waals surface area contributed by atoms with Crippen molar-refractivity contribution in [1.29, 1.82) is 0 Å². The molecule has 3 rings (SSSR count). The summed E-state index contributed by atoms with van der Waals surface area (Å²) in [5.41, 5.74) is 1.44. The Kier molecular flexibility index (Phi) is 2.40. The summed E-state index contributed by atoms with van der Waals surface area (Å²) in [6, 6.07) is 8.15. The highest BCUT2D eigenvalue weighted by atomic mass is 79.9. The first kappa shape index (κ1) is 10.4. The Balaban J connectivity index is 2.31. The van der Waals surface area contributed by atoms with E-state index in [0.29, 0.717) is 16.1 Å². The summed E-state index contributed by atoms with van der Waals surface area (Å²) >= 11 is 3.35. The molecule has 0 amide bonds. The van der Waals surface area contributed by atoms with Crippen LogP contribution in [0.2, 0.25) is 0 Å². The number of fused-ring (bicyclic) bond motifs is 1. The van der Waals surface area contributed by atoms with E-state index >= 15 is 0 Å². The predicted octanol–water partition coefficient (Wildman–Crippen LogP) is 3.30. The van der Waals surface area contributed by atoms with Gasteiger partial charge in [-0.05, 0) is 34.1 Å². The number of halogens is 2. The molecule has 0 N–H and O–H groups in total. The van der Waals surface area contributed by atoms with Crippen molar-refractivity contribution in [3.63, 3.8) is 0 Å². The minimum absolute atomic E-state index is 0.278. The third kappa shape index (κ3) is 1.72. The molecule has 17 heavy (non-hydrogen) atoms. The fraction of sp³-hybridized carbons (Fsp3) is 0. The van der Waals surface area contributed by atoms with Gasteiger partial charge in [-0.1, -0.05) is 12.1 Å². The zero-order chi connectivity index (χ0) is 11.8. The predicted molar refractivity (Wildman–Crippen MR) is 66.1 cm³/mol. The summed E-state index contributed by atoms with van der Waals surface area (Å²) in [6.45, 7) is 0. The molecule has 2 aromatic heterocycles. The summed E-state index contributed by atoms with van der Waals surface area (Å²) in [7, 11) is 0. The Hall–Kier alpha value is -1.75. The maximum Gasteiger partial charge on any atom is 0.171 e. The number of hydrogen-bond acceptors (Lipinski definition) is 2. The van der Waals surface area contributed by atoms with Gasteiger partial charge in [0.05, 0.1) is 0 Å². The topological polar surface area (TPSA) is 30.2 Å². The summed E-state index contributed by atoms with van der Waals surface area (Å²) < 4.78 is 15.7. The molecule has 0 aliphatic carbocycles. The maximum absolute atomic E-state index is 13.2. The molecule has 0 atom stereocenters. The minimum Gasteiger partial charge on any atom is -0.283 e. The zero-order valence-corrected chi connectivity index (χ0v) is 10.2. The van der Waals surface area contributed by atoms with Gasteiger partial charge in [0.15, 0.2) is 10.3 Å². The number of imidazole rings is 1. The lowest BCUT2D eigenvalue weighted by atomic mass is 10.2. The first-order valence-electron chi connectivity index (χ1n) is 5.00. The monoisotopic (exact) mass is 291 g/mol. The van der Waals surface area contributed by atoms with Crippen LogP contribution in [0.15, 0.2) is 47.3 Å². The molecule has 0 radical (unpaired) electrons. The lowest BCUT2D eigenvalue weighted by Gasteiger charge is -2.00. The Morgan fingerprint density at radius 2 is 2.12 bits per heavy atom. The van der Waals surface area contributed by atoms with Crippen LogP contribution in [0, 0.1) is 5.82 Å². The van der Waals surface area contributed by atoms with E-state index < -0.39 is 0 Å². The molecule has 5 heteroatoms. The van der Waals surface area contributed by atoms with E-state index in [9.17, 15) is 4.39 Å². The van der Waals surface area contributed by atoms with Crippen LogP contribution in [-0.4, -0.2) is 14.4 Å². The van der Waals surface area contributed by atoms with Crippen LogP contribution in [-0.2, 0) is 0 Å². The van der Waals surface area contributed by atoms with E-state index in [0.717, 1.165) is 5.56 Å². The van der Waals surface area contributed by atoms with Crippen LogP contribution in [0.1, 0.15) is 0 Å². The van der Waals surface area contributed by atoms with E-state index in [1.165, 1.54) is 12.1 Å². The van der Waals surface area contributed by atoms with E-state index in [1.54, 1.807) is 12.3 Å². The fourth-order valence-electron chi connectivity index (χ4n) is 1.72. The van der Waals surface area contributed by atoms with Crippen LogP contribution in [0.4, 0.5) is 4.39 Å². The van der Waals surface area contributed by atoms with Gasteiger partial charge in [-0.15, -0.1) is 0 Å². The molecule has 0 spiro atoms. The molecular weight excluding hydrogens is 285 g/mol. The van der Waals surface area contributed by atoms with Gasteiger partial charge >= 0.3 is 0 Å². The average Bonchev–Trinajstić information content (AvgIpc) is 2.68. The molecule has 2 heterocycles. The quantitative estimate of drug-likeness (QED) is 0.689. The summed E-state index contributed by atoms with van der Waals surface area (Å²) in [5.74, 6) is 0.388. The van der Waals surface area contributed by atoms with Crippen LogP contribution in [0.3, 0.4) is 0 Å². The number of hydrogen-bond donors (Lipinski definition) is 0. The maximum atomic E-state index is 13.2. The standard InChI is InChI=1S/C12H7BrFN3/c13-10-12-15-5-2-6-17(12)11(16-10)8-3-1-4-9(14)7-8/h1-7H. The highest BCUT2D eigenvalue weighted by Gasteiger charge is 2.11. The van der Waals surface area contributed by atoms with Gasteiger partial charge in [0.25, 0.3) is 0 Å². The molecule has 0 saturated carbocycles. The lowest BCUT2D eigenvalue weighted by molar-refractivity contribution is 0.628. The Bertz CT molecular complexity index is 693. The van der Waals surface area contributed by atoms with Crippen LogP contribution in [0.5, 0.6) is 0 Å². The van der Waals surface area contributed by atoms with Gasteiger partial charge in [0.1, 0.15) is 11.6 Å². The van der Waals surface area contributed by atoms with Crippen molar-refractivity contribution in [2.45, 2.75) is 0 Å². The van der Waals surface area contributed by atoms with Crippen molar-refractivity contribution in [3.05, 3.63) is 53.1 Å². The van der Waals surface area contributed by atoms with Crippen LogP contribution in [0.25, 0.3) is 17.0 Å². The molecular formula is C12H7BrFN3. The van der Waals surface area contributed by atoms with Crippen LogP contribution < -0.4 is 0 Å². The second-order valence-electron chi connectivity index (χ2n) is 3.55. The van der Waals surface area contributed by atoms with Gasteiger partial charge in [0, 0.05) is 18.0 Å². The van der Waals surface area contributed by atoms with E-state index in [4.69, 9.17) is 0 Å². The highest BCUT2D eigenvalue weighted by Crippen LogP contribution is 2.24. The molecule has 0 unspecified atom stereocenters. The summed E-state index contributed by atoms with van der Waals surface area (Å²) in [5, 5.41) is 0. The number of rotatable bonds is 1. The first-order valence-corrected chi connectivity index (χ1v) is 5.79.